The molecule has 1 N–H and O–H groups in total. The molecule has 0 fully saturated rings. The van der Waals surface area contributed by atoms with Crippen molar-refractivity contribution in [3.05, 3.63) is 70.0 Å². The number of hydrogen-bond acceptors (Lipinski definition) is 6. The molecule has 3 rings (SSSR count). The van der Waals surface area contributed by atoms with Crippen LogP contribution in [0.1, 0.15) is 42.5 Å². The van der Waals surface area contributed by atoms with Crippen molar-refractivity contribution in [1.29, 1.82) is 0 Å². The van der Waals surface area contributed by atoms with Gasteiger partial charge in [0, 0.05) is 17.0 Å². The minimum Gasteiger partial charge on any atom is -0.459 e. The maximum Gasteiger partial charge on any atom is 0.336 e. The molecule has 1 aromatic carbocycles. The van der Waals surface area contributed by atoms with E-state index in [2.05, 4.69) is 5.32 Å². The fourth-order valence-corrected chi connectivity index (χ4v) is 2.97. The molecular formula is C22H23NO6. The zero-order chi connectivity index (χ0) is 21.0. The van der Waals surface area contributed by atoms with Gasteiger partial charge >= 0.3 is 11.6 Å². The number of furan rings is 1. The van der Waals surface area contributed by atoms with Crippen molar-refractivity contribution in [3.63, 3.8) is 0 Å². The minimum absolute atomic E-state index is 0.105. The lowest BCUT2D eigenvalue weighted by Gasteiger charge is -2.20. The second-order valence-electron chi connectivity index (χ2n) is 7.05. The van der Waals surface area contributed by atoms with E-state index in [9.17, 15) is 14.4 Å². The van der Waals surface area contributed by atoms with E-state index < -0.39 is 23.5 Å². The van der Waals surface area contributed by atoms with Gasteiger partial charge in [0.2, 0.25) is 0 Å². The number of carbonyl (C=O) groups excluding carboxylic acids is 2. The number of amides is 1. The van der Waals surface area contributed by atoms with Crippen LogP contribution in [0.15, 0.2) is 56.3 Å². The Labute approximate surface area is 167 Å². The first-order valence-electron chi connectivity index (χ1n) is 9.45. The summed E-state index contributed by atoms with van der Waals surface area (Å²) < 4.78 is 15.7. The lowest BCUT2D eigenvalue weighted by molar-refractivity contribution is -0.148. The molecule has 2 aromatic heterocycles. The third kappa shape index (κ3) is 4.74. The molecule has 29 heavy (non-hydrogen) atoms. The van der Waals surface area contributed by atoms with Gasteiger partial charge < -0.3 is 18.9 Å². The fourth-order valence-electron chi connectivity index (χ4n) is 2.97. The van der Waals surface area contributed by atoms with E-state index in [1.165, 1.54) is 18.4 Å². The van der Waals surface area contributed by atoms with Crippen LogP contribution in [0.2, 0.25) is 0 Å². The second-order valence-corrected chi connectivity index (χ2v) is 7.05. The molecule has 0 aliphatic heterocycles. The summed E-state index contributed by atoms with van der Waals surface area (Å²) in [5, 5.41) is 3.34. The smallest absolute Gasteiger partial charge is 0.336 e. The number of carbonyl (C=O) groups is 2. The minimum atomic E-state index is -0.856. The van der Waals surface area contributed by atoms with E-state index in [-0.39, 0.29) is 18.3 Å². The summed E-state index contributed by atoms with van der Waals surface area (Å²) in [5.41, 5.74) is 1.53. The van der Waals surface area contributed by atoms with E-state index >= 15 is 0 Å². The summed E-state index contributed by atoms with van der Waals surface area (Å²) in [5.74, 6) is -1.18. The van der Waals surface area contributed by atoms with Crippen LogP contribution in [0.4, 0.5) is 0 Å². The average molecular weight is 397 g/mol. The first-order chi connectivity index (χ1) is 13.9. The van der Waals surface area contributed by atoms with E-state index in [4.69, 9.17) is 13.6 Å². The van der Waals surface area contributed by atoms with E-state index in [1.807, 2.05) is 25.1 Å². The highest BCUT2D eigenvalue weighted by Crippen LogP contribution is 2.20. The molecule has 0 unspecified atom stereocenters. The predicted molar refractivity (Wildman–Crippen MR) is 106 cm³/mol. The fraction of sp³-hybridized carbons (Fsp3) is 0.318. The van der Waals surface area contributed by atoms with Crippen LogP contribution in [0, 0.1) is 5.92 Å². The maximum atomic E-state index is 12.6. The molecule has 0 saturated carbocycles. The van der Waals surface area contributed by atoms with Crippen LogP contribution < -0.4 is 10.9 Å². The van der Waals surface area contributed by atoms with Crippen LogP contribution in [-0.2, 0) is 22.6 Å². The second kappa shape index (κ2) is 8.77. The molecule has 0 radical (unpaired) electrons. The van der Waals surface area contributed by atoms with Crippen molar-refractivity contribution < 1.29 is 23.2 Å². The van der Waals surface area contributed by atoms with Gasteiger partial charge in [-0.25, -0.2) is 9.59 Å². The Kier molecular flexibility index (Phi) is 6.16. The monoisotopic (exact) mass is 397 g/mol. The molecule has 2 heterocycles. The van der Waals surface area contributed by atoms with Gasteiger partial charge in [-0.05, 0) is 36.1 Å². The number of ether oxygens (including phenoxy) is 1. The molecule has 0 bridgehead atoms. The Morgan fingerprint density at radius 1 is 1.17 bits per heavy atom. The maximum absolute atomic E-state index is 12.6. The van der Waals surface area contributed by atoms with Crippen LogP contribution in [0.3, 0.4) is 0 Å². The first-order valence-corrected chi connectivity index (χ1v) is 9.45. The third-order valence-electron chi connectivity index (χ3n) is 4.62. The summed E-state index contributed by atoms with van der Waals surface area (Å²) in [7, 11) is 0. The molecule has 0 saturated heterocycles. The van der Waals surface area contributed by atoms with Gasteiger partial charge in [0.25, 0.3) is 5.91 Å². The molecule has 7 nitrogen and oxygen atoms in total. The lowest BCUT2D eigenvalue weighted by atomic mass is 10.0. The number of aryl methyl sites for hydroxylation is 1. The van der Waals surface area contributed by atoms with Gasteiger partial charge in [0.05, 0.1) is 6.26 Å². The van der Waals surface area contributed by atoms with Crippen molar-refractivity contribution in [2.75, 3.05) is 0 Å². The van der Waals surface area contributed by atoms with Gasteiger partial charge in [-0.1, -0.05) is 32.9 Å². The van der Waals surface area contributed by atoms with Crippen molar-refractivity contribution in [3.8, 4) is 0 Å². The van der Waals surface area contributed by atoms with Crippen molar-refractivity contribution in [1.82, 2.24) is 5.32 Å². The first kappa shape index (κ1) is 20.4. The number of esters is 1. The van der Waals surface area contributed by atoms with Gasteiger partial charge in [0.1, 0.15) is 18.2 Å². The molecule has 3 aromatic rings. The Balaban J connectivity index is 1.76. The number of hydrogen-bond donors (Lipinski definition) is 1. The molecule has 152 valence electrons. The molecule has 1 amide bonds. The quantitative estimate of drug-likeness (QED) is 0.484. The zero-order valence-electron chi connectivity index (χ0n) is 16.6. The van der Waals surface area contributed by atoms with E-state index in [1.54, 1.807) is 19.9 Å². The van der Waals surface area contributed by atoms with Gasteiger partial charge in [-0.15, -0.1) is 0 Å². The predicted octanol–water partition coefficient (Wildman–Crippen LogP) is 3.45. The van der Waals surface area contributed by atoms with Crippen molar-refractivity contribution in [2.24, 2.45) is 5.92 Å². The van der Waals surface area contributed by atoms with Crippen LogP contribution in [0.25, 0.3) is 11.0 Å². The lowest BCUT2D eigenvalue weighted by Crippen LogP contribution is -2.45. The SMILES string of the molecule is CCc1ccc2c(COC(=O)[C@@H](NC(=O)c3ccco3)C(C)C)cc(=O)oc2c1. The summed E-state index contributed by atoms with van der Waals surface area (Å²) in [4.78, 5) is 36.7. The molecule has 0 aliphatic rings. The summed E-state index contributed by atoms with van der Waals surface area (Å²) in [6, 6.07) is 9.15. The molecule has 7 heteroatoms. The van der Waals surface area contributed by atoms with Gasteiger partial charge in [-0.2, -0.15) is 0 Å². The van der Waals surface area contributed by atoms with E-state index in [0.29, 0.717) is 16.5 Å². The Hall–Kier alpha value is -3.35. The Morgan fingerprint density at radius 3 is 2.62 bits per heavy atom. The summed E-state index contributed by atoms with van der Waals surface area (Å²) in [6.45, 7) is 5.50. The van der Waals surface area contributed by atoms with Crippen LogP contribution in [0.5, 0.6) is 0 Å². The molecule has 0 aliphatic carbocycles. The third-order valence-corrected chi connectivity index (χ3v) is 4.62. The van der Waals surface area contributed by atoms with Gasteiger partial charge in [-0.3, -0.25) is 4.79 Å². The standard InChI is InChI=1S/C22H23NO6/c1-4-14-7-8-16-15(11-19(24)29-18(16)10-14)12-28-22(26)20(13(2)3)23-21(25)17-6-5-9-27-17/h5-11,13,20H,4,12H2,1-3H3,(H,23,25)/t20-/m0/s1. The highest BCUT2D eigenvalue weighted by molar-refractivity contribution is 5.94. The Morgan fingerprint density at radius 2 is 1.97 bits per heavy atom. The van der Waals surface area contributed by atoms with Crippen molar-refractivity contribution in [2.45, 2.75) is 39.8 Å². The zero-order valence-corrected chi connectivity index (χ0v) is 16.6. The summed E-state index contributed by atoms with van der Waals surface area (Å²) in [6.07, 6.45) is 2.19. The molecule has 0 spiro atoms. The molecule has 1 atom stereocenters. The summed E-state index contributed by atoms with van der Waals surface area (Å²) >= 11 is 0. The highest BCUT2D eigenvalue weighted by atomic mass is 16.5. The average Bonchev–Trinajstić information content (AvgIpc) is 3.23. The largest absolute Gasteiger partial charge is 0.459 e. The molecular weight excluding hydrogens is 374 g/mol. The van der Waals surface area contributed by atoms with E-state index in [0.717, 1.165) is 12.0 Å². The topological polar surface area (TPSA) is 98.7 Å². The van der Waals surface area contributed by atoms with Crippen molar-refractivity contribution >= 4 is 22.8 Å². The van der Waals surface area contributed by atoms with Gasteiger partial charge in [0.15, 0.2) is 5.76 Å². The normalized spacial score (nSPS) is 12.1. The van der Waals surface area contributed by atoms with Crippen LogP contribution >= 0.6 is 0 Å². The number of benzene rings is 1. The number of rotatable bonds is 7. The Bertz CT molecular complexity index is 1060. The van der Waals surface area contributed by atoms with Crippen LogP contribution in [-0.4, -0.2) is 17.9 Å². The number of fused-ring (bicyclic) bond motifs is 1. The highest BCUT2D eigenvalue weighted by Gasteiger charge is 2.27. The number of nitrogens with one attached hydrogen (secondary N) is 1.